The van der Waals surface area contributed by atoms with E-state index in [1.54, 1.807) is 14.2 Å². The largest absolute Gasteiger partial charge is 0.493 e. The molecule has 0 bridgehead atoms. The van der Waals surface area contributed by atoms with Gasteiger partial charge in [-0.1, -0.05) is 0 Å². The van der Waals surface area contributed by atoms with Crippen molar-refractivity contribution in [1.29, 1.82) is 0 Å². The van der Waals surface area contributed by atoms with E-state index in [9.17, 15) is 0 Å². The van der Waals surface area contributed by atoms with Crippen LogP contribution in [-0.4, -0.2) is 37.6 Å². The van der Waals surface area contributed by atoms with Crippen LogP contribution in [0.15, 0.2) is 12.1 Å². The van der Waals surface area contributed by atoms with Crippen molar-refractivity contribution in [3.05, 3.63) is 23.3 Å². The van der Waals surface area contributed by atoms with Crippen LogP contribution in [0.25, 0.3) is 0 Å². The van der Waals surface area contributed by atoms with E-state index in [-0.39, 0.29) is 13.2 Å². The molecule has 0 amide bonds. The summed E-state index contributed by atoms with van der Waals surface area (Å²) >= 11 is 0. The molecule has 0 heterocycles. The van der Waals surface area contributed by atoms with Crippen molar-refractivity contribution in [3.63, 3.8) is 0 Å². The number of aryl methyl sites for hydroxylation is 2. The smallest absolute Gasteiger partial charge is 0.161 e. The first-order valence-corrected chi connectivity index (χ1v) is 7.22. The molecule has 0 aliphatic rings. The quantitative estimate of drug-likeness (QED) is 0.647. The summed E-state index contributed by atoms with van der Waals surface area (Å²) < 4.78 is 10.7. The monoisotopic (exact) mass is 282 g/mol. The van der Waals surface area contributed by atoms with E-state index in [2.05, 4.69) is 0 Å². The number of unbranched alkanes of at least 4 members (excludes halogenated alkanes) is 2. The van der Waals surface area contributed by atoms with Crippen molar-refractivity contribution in [2.24, 2.45) is 0 Å². The fraction of sp³-hybridized carbons (Fsp3) is 0.625. The maximum Gasteiger partial charge on any atom is 0.161 e. The highest BCUT2D eigenvalue weighted by Gasteiger charge is 2.11. The Hall–Kier alpha value is -1.26. The number of hydrogen-bond acceptors (Lipinski definition) is 4. The Morgan fingerprint density at radius 3 is 1.45 bits per heavy atom. The zero-order chi connectivity index (χ0) is 14.8. The number of aliphatic hydroxyl groups excluding tert-OH is 2. The lowest BCUT2D eigenvalue weighted by atomic mass is 9.97. The molecule has 1 rings (SSSR count). The molecule has 114 valence electrons. The molecule has 0 unspecified atom stereocenters. The van der Waals surface area contributed by atoms with Gasteiger partial charge in [0.25, 0.3) is 0 Å². The summed E-state index contributed by atoms with van der Waals surface area (Å²) in [5, 5.41) is 17.8. The molecule has 0 aliphatic heterocycles. The van der Waals surface area contributed by atoms with Gasteiger partial charge < -0.3 is 19.7 Å². The van der Waals surface area contributed by atoms with Crippen LogP contribution in [0.4, 0.5) is 0 Å². The highest BCUT2D eigenvalue weighted by molar-refractivity contribution is 5.47. The zero-order valence-electron chi connectivity index (χ0n) is 12.5. The van der Waals surface area contributed by atoms with E-state index in [0.29, 0.717) is 0 Å². The van der Waals surface area contributed by atoms with Gasteiger partial charge in [0.05, 0.1) is 14.2 Å². The van der Waals surface area contributed by atoms with E-state index in [0.717, 1.165) is 50.0 Å². The molecule has 0 aliphatic carbocycles. The fourth-order valence-corrected chi connectivity index (χ4v) is 2.28. The molecule has 0 fully saturated rings. The highest BCUT2D eigenvalue weighted by atomic mass is 16.5. The van der Waals surface area contributed by atoms with Crippen LogP contribution in [0.3, 0.4) is 0 Å². The second kappa shape index (κ2) is 9.61. The van der Waals surface area contributed by atoms with Crippen LogP contribution in [0.1, 0.15) is 36.8 Å². The number of methoxy groups -OCH3 is 2. The van der Waals surface area contributed by atoms with E-state index < -0.39 is 0 Å². The number of aliphatic hydroxyl groups is 2. The predicted octanol–water partition coefficient (Wildman–Crippen LogP) is 2.33. The first kappa shape index (κ1) is 16.8. The maximum absolute atomic E-state index is 8.90. The summed E-state index contributed by atoms with van der Waals surface area (Å²) in [6, 6.07) is 4.06. The first-order valence-electron chi connectivity index (χ1n) is 7.22. The standard InChI is InChI=1S/C16H26O4/c1-19-15-11-13(7-3-5-9-17)14(8-4-6-10-18)12-16(15)20-2/h11-12,17-18H,3-10H2,1-2H3. The highest BCUT2D eigenvalue weighted by Crippen LogP contribution is 2.32. The summed E-state index contributed by atoms with van der Waals surface area (Å²) in [7, 11) is 3.28. The number of hydrogen-bond donors (Lipinski definition) is 2. The Kier molecular flexibility index (Phi) is 8.07. The number of rotatable bonds is 10. The van der Waals surface area contributed by atoms with Gasteiger partial charge in [0, 0.05) is 13.2 Å². The van der Waals surface area contributed by atoms with Gasteiger partial charge in [0.1, 0.15) is 0 Å². The van der Waals surface area contributed by atoms with E-state index in [1.165, 1.54) is 11.1 Å². The number of ether oxygens (including phenoxy) is 2. The van der Waals surface area contributed by atoms with Crippen LogP contribution >= 0.6 is 0 Å². The van der Waals surface area contributed by atoms with Gasteiger partial charge in [-0.2, -0.15) is 0 Å². The molecule has 0 spiro atoms. The Labute approximate surface area is 121 Å². The van der Waals surface area contributed by atoms with E-state index >= 15 is 0 Å². The summed E-state index contributed by atoms with van der Waals surface area (Å²) in [4.78, 5) is 0. The summed E-state index contributed by atoms with van der Waals surface area (Å²) in [5.41, 5.74) is 2.49. The van der Waals surface area contributed by atoms with Crippen molar-refractivity contribution < 1.29 is 19.7 Å². The van der Waals surface area contributed by atoms with Crippen LogP contribution < -0.4 is 9.47 Å². The van der Waals surface area contributed by atoms with Crippen LogP contribution in [0.2, 0.25) is 0 Å². The molecular formula is C16H26O4. The molecule has 0 saturated heterocycles. The van der Waals surface area contributed by atoms with Gasteiger partial charge in [0.2, 0.25) is 0 Å². The molecule has 2 N–H and O–H groups in total. The van der Waals surface area contributed by atoms with Gasteiger partial charge in [-0.05, 0) is 61.8 Å². The normalized spacial score (nSPS) is 10.6. The number of benzene rings is 1. The van der Waals surface area contributed by atoms with Crippen molar-refractivity contribution in [3.8, 4) is 11.5 Å². The third-order valence-corrected chi connectivity index (χ3v) is 3.41. The van der Waals surface area contributed by atoms with Crippen molar-refractivity contribution in [2.75, 3.05) is 27.4 Å². The topological polar surface area (TPSA) is 58.9 Å². The minimum atomic E-state index is 0.229. The van der Waals surface area contributed by atoms with Crippen LogP contribution in [0, 0.1) is 0 Å². The molecule has 0 atom stereocenters. The molecule has 4 nitrogen and oxygen atoms in total. The zero-order valence-corrected chi connectivity index (χ0v) is 12.5. The Morgan fingerprint density at radius 1 is 0.750 bits per heavy atom. The molecule has 4 heteroatoms. The second-order valence-corrected chi connectivity index (χ2v) is 4.84. The van der Waals surface area contributed by atoms with Gasteiger partial charge in [-0.3, -0.25) is 0 Å². The lowest BCUT2D eigenvalue weighted by Crippen LogP contribution is -2.00. The van der Waals surface area contributed by atoms with Gasteiger partial charge in [-0.15, -0.1) is 0 Å². The van der Waals surface area contributed by atoms with Crippen molar-refractivity contribution in [2.45, 2.75) is 38.5 Å². The summed E-state index contributed by atoms with van der Waals surface area (Å²) in [6.45, 7) is 0.459. The van der Waals surface area contributed by atoms with Gasteiger partial charge >= 0.3 is 0 Å². The molecule has 1 aromatic carbocycles. The molecule has 0 aromatic heterocycles. The Morgan fingerprint density at radius 2 is 1.15 bits per heavy atom. The summed E-state index contributed by atoms with van der Waals surface area (Å²) in [5.74, 6) is 1.50. The first-order chi connectivity index (χ1) is 9.76. The van der Waals surface area contributed by atoms with Crippen molar-refractivity contribution >= 4 is 0 Å². The lowest BCUT2D eigenvalue weighted by Gasteiger charge is -2.15. The lowest BCUT2D eigenvalue weighted by molar-refractivity contribution is 0.283. The SMILES string of the molecule is COc1cc(CCCCO)c(CCCCO)cc1OC. The third-order valence-electron chi connectivity index (χ3n) is 3.41. The van der Waals surface area contributed by atoms with Crippen molar-refractivity contribution in [1.82, 2.24) is 0 Å². The fourth-order valence-electron chi connectivity index (χ4n) is 2.28. The maximum atomic E-state index is 8.90. The average Bonchev–Trinajstić information content (AvgIpc) is 2.48. The summed E-state index contributed by atoms with van der Waals surface area (Å²) in [6.07, 6.45) is 5.39. The second-order valence-electron chi connectivity index (χ2n) is 4.84. The third kappa shape index (κ3) is 5.02. The van der Waals surface area contributed by atoms with Gasteiger partial charge in [-0.25, -0.2) is 0 Å². The van der Waals surface area contributed by atoms with Crippen LogP contribution in [-0.2, 0) is 12.8 Å². The molecule has 1 aromatic rings. The van der Waals surface area contributed by atoms with E-state index in [1.807, 2.05) is 12.1 Å². The molecular weight excluding hydrogens is 256 g/mol. The van der Waals surface area contributed by atoms with Gasteiger partial charge in [0.15, 0.2) is 11.5 Å². The Bertz CT molecular complexity index is 353. The molecule has 0 saturated carbocycles. The minimum absolute atomic E-state index is 0.229. The average molecular weight is 282 g/mol. The molecule has 20 heavy (non-hydrogen) atoms. The predicted molar refractivity (Wildman–Crippen MR) is 79.6 cm³/mol. The molecule has 0 radical (unpaired) electrons. The minimum Gasteiger partial charge on any atom is -0.493 e. The van der Waals surface area contributed by atoms with Crippen LogP contribution in [0.5, 0.6) is 11.5 Å². The van der Waals surface area contributed by atoms with E-state index in [4.69, 9.17) is 19.7 Å². The Balaban J connectivity index is 2.89.